The lowest BCUT2D eigenvalue weighted by atomic mass is 10.0. The number of carbonyl (C=O) groups excluding carboxylic acids is 1. The van der Waals surface area contributed by atoms with Gasteiger partial charge >= 0.3 is 0 Å². The van der Waals surface area contributed by atoms with Crippen LogP contribution in [0.1, 0.15) is 45.8 Å². The summed E-state index contributed by atoms with van der Waals surface area (Å²) in [7, 11) is 0. The van der Waals surface area contributed by atoms with E-state index in [0.29, 0.717) is 31.7 Å². The minimum Gasteiger partial charge on any atom is -0.350 e. The first-order chi connectivity index (χ1) is 17.8. The van der Waals surface area contributed by atoms with E-state index < -0.39 is 17.0 Å². The van der Waals surface area contributed by atoms with Crippen LogP contribution in [0.3, 0.4) is 0 Å². The third-order valence-corrected chi connectivity index (χ3v) is 6.95. The quantitative estimate of drug-likeness (QED) is 0.460. The van der Waals surface area contributed by atoms with E-state index in [0.717, 1.165) is 40.1 Å². The van der Waals surface area contributed by atoms with Gasteiger partial charge in [-0.15, -0.1) is 5.10 Å². The molecule has 1 saturated carbocycles. The standard InChI is InChI=1S/C27H24N8O2/c1-16-9-23-31-22(26(37)32-27(15-28)6-7-27)11-24(36)35(23)33-25(16)34-8-5-21-20(14-34)10-19(13-30-21)18-4-3-17(2)29-12-18/h3-4,9-13H,5-8,14H2,1-2H3,(H,32,37). The van der Waals surface area contributed by atoms with E-state index in [2.05, 4.69) is 37.4 Å². The number of pyridine rings is 2. The molecule has 1 N–H and O–H groups in total. The molecule has 5 heterocycles. The third kappa shape index (κ3) is 4.18. The molecule has 6 rings (SSSR count). The highest BCUT2D eigenvalue weighted by Crippen LogP contribution is 2.34. The Hall–Kier alpha value is -4.65. The molecule has 37 heavy (non-hydrogen) atoms. The second-order valence-corrected chi connectivity index (χ2v) is 9.74. The smallest absolute Gasteiger partial charge is 0.275 e. The van der Waals surface area contributed by atoms with E-state index in [1.165, 1.54) is 10.6 Å². The number of carbonyl (C=O) groups is 1. The Morgan fingerprint density at radius 2 is 1.92 bits per heavy atom. The fourth-order valence-corrected chi connectivity index (χ4v) is 4.62. The van der Waals surface area contributed by atoms with Crippen LogP contribution in [0.2, 0.25) is 0 Å². The number of aryl methyl sites for hydroxylation is 2. The van der Waals surface area contributed by atoms with Crippen molar-refractivity contribution in [1.82, 2.24) is 29.9 Å². The predicted molar refractivity (Wildman–Crippen MR) is 136 cm³/mol. The van der Waals surface area contributed by atoms with Crippen molar-refractivity contribution in [3.63, 3.8) is 0 Å². The maximum atomic E-state index is 12.9. The van der Waals surface area contributed by atoms with Gasteiger partial charge in [0.1, 0.15) is 11.2 Å². The number of amides is 1. The van der Waals surface area contributed by atoms with Gasteiger partial charge in [-0.05, 0) is 56.0 Å². The van der Waals surface area contributed by atoms with Crippen molar-refractivity contribution < 1.29 is 4.79 Å². The Morgan fingerprint density at radius 3 is 2.65 bits per heavy atom. The van der Waals surface area contributed by atoms with Crippen LogP contribution in [0.15, 0.2) is 47.5 Å². The van der Waals surface area contributed by atoms with Crippen molar-refractivity contribution in [2.45, 2.75) is 45.2 Å². The lowest BCUT2D eigenvalue weighted by molar-refractivity contribution is 0.0936. The average molecular weight is 493 g/mol. The zero-order chi connectivity index (χ0) is 25.7. The fourth-order valence-electron chi connectivity index (χ4n) is 4.62. The molecule has 0 saturated heterocycles. The molecule has 10 nitrogen and oxygen atoms in total. The van der Waals surface area contributed by atoms with Gasteiger partial charge in [0.2, 0.25) is 0 Å². The van der Waals surface area contributed by atoms with E-state index in [1.807, 2.05) is 38.4 Å². The molecule has 1 fully saturated rings. The SMILES string of the molecule is Cc1ccc(-c2cnc3c(c2)CN(c2nn4c(=O)cc(C(=O)NC5(C#N)CC5)nc4cc2C)CC3)cn1. The number of hydrogen-bond acceptors (Lipinski definition) is 8. The van der Waals surface area contributed by atoms with Gasteiger partial charge < -0.3 is 10.2 Å². The van der Waals surface area contributed by atoms with Crippen LogP contribution in [0.25, 0.3) is 16.8 Å². The first-order valence-corrected chi connectivity index (χ1v) is 12.2. The molecule has 4 aromatic heterocycles. The molecular formula is C27H24N8O2. The number of hydrogen-bond donors (Lipinski definition) is 1. The molecule has 4 aromatic rings. The number of nitrogens with zero attached hydrogens (tertiary/aromatic N) is 7. The van der Waals surface area contributed by atoms with Crippen molar-refractivity contribution >= 4 is 17.4 Å². The zero-order valence-corrected chi connectivity index (χ0v) is 20.5. The zero-order valence-electron chi connectivity index (χ0n) is 20.5. The maximum absolute atomic E-state index is 12.9. The summed E-state index contributed by atoms with van der Waals surface area (Å²) in [5, 5.41) is 16.5. The van der Waals surface area contributed by atoms with Gasteiger partial charge in [-0.3, -0.25) is 19.6 Å². The summed E-state index contributed by atoms with van der Waals surface area (Å²) in [5.74, 6) is 0.156. The second-order valence-electron chi connectivity index (χ2n) is 9.74. The maximum Gasteiger partial charge on any atom is 0.275 e. The highest BCUT2D eigenvalue weighted by Gasteiger charge is 2.45. The molecule has 0 aromatic carbocycles. The van der Waals surface area contributed by atoms with Crippen LogP contribution >= 0.6 is 0 Å². The summed E-state index contributed by atoms with van der Waals surface area (Å²) in [5.41, 5.74) is 4.97. The average Bonchev–Trinajstić information content (AvgIpc) is 3.68. The summed E-state index contributed by atoms with van der Waals surface area (Å²) in [4.78, 5) is 41.1. The first kappa shape index (κ1) is 22.8. The lowest BCUT2D eigenvalue weighted by Crippen LogP contribution is -2.37. The van der Waals surface area contributed by atoms with E-state index in [-0.39, 0.29) is 11.3 Å². The van der Waals surface area contributed by atoms with Crippen molar-refractivity contribution in [2.24, 2.45) is 0 Å². The molecule has 10 heteroatoms. The molecule has 2 aliphatic rings. The molecule has 1 amide bonds. The van der Waals surface area contributed by atoms with E-state index >= 15 is 0 Å². The Morgan fingerprint density at radius 1 is 1.11 bits per heavy atom. The van der Waals surface area contributed by atoms with E-state index in [9.17, 15) is 14.9 Å². The number of aromatic nitrogens is 5. The van der Waals surface area contributed by atoms with Crippen molar-refractivity contribution in [1.29, 1.82) is 5.26 Å². The van der Waals surface area contributed by atoms with Gasteiger partial charge in [-0.2, -0.15) is 9.78 Å². The summed E-state index contributed by atoms with van der Waals surface area (Å²) in [6.07, 6.45) is 5.70. The molecule has 0 atom stereocenters. The van der Waals surface area contributed by atoms with Gasteiger partial charge in [-0.1, -0.05) is 6.07 Å². The molecule has 0 bridgehead atoms. The molecule has 0 unspecified atom stereocenters. The predicted octanol–water partition coefficient (Wildman–Crippen LogP) is 2.51. The number of nitriles is 1. The molecule has 184 valence electrons. The van der Waals surface area contributed by atoms with Crippen molar-refractivity contribution in [2.75, 3.05) is 11.4 Å². The molecular weight excluding hydrogens is 468 g/mol. The number of anilines is 1. The van der Waals surface area contributed by atoms with Gasteiger partial charge in [-0.25, -0.2) is 4.98 Å². The van der Waals surface area contributed by atoms with Gasteiger partial charge in [0.05, 0.1) is 6.07 Å². The van der Waals surface area contributed by atoms with Crippen LogP contribution in [-0.2, 0) is 13.0 Å². The second kappa shape index (κ2) is 8.48. The third-order valence-electron chi connectivity index (χ3n) is 6.95. The Kier molecular flexibility index (Phi) is 5.22. The van der Waals surface area contributed by atoms with E-state index in [1.54, 1.807) is 6.07 Å². The Bertz CT molecular complexity index is 1670. The van der Waals surface area contributed by atoms with Gasteiger partial charge in [0, 0.05) is 60.5 Å². The van der Waals surface area contributed by atoms with Crippen LogP contribution in [0, 0.1) is 25.2 Å². The van der Waals surface area contributed by atoms with Crippen LogP contribution in [0.5, 0.6) is 0 Å². The van der Waals surface area contributed by atoms with Gasteiger partial charge in [0.25, 0.3) is 11.5 Å². The largest absolute Gasteiger partial charge is 0.350 e. The van der Waals surface area contributed by atoms with Crippen molar-refractivity contribution in [3.8, 4) is 17.2 Å². The highest BCUT2D eigenvalue weighted by molar-refractivity contribution is 5.93. The van der Waals surface area contributed by atoms with Crippen LogP contribution in [-0.4, -0.2) is 42.6 Å². The molecule has 1 aliphatic heterocycles. The summed E-state index contributed by atoms with van der Waals surface area (Å²) in [6, 6.07) is 11.2. The summed E-state index contributed by atoms with van der Waals surface area (Å²) < 4.78 is 1.22. The minimum absolute atomic E-state index is 0.0171. The normalized spacial score (nSPS) is 15.6. The monoisotopic (exact) mass is 492 g/mol. The molecule has 0 radical (unpaired) electrons. The Labute approximate surface area is 212 Å². The summed E-state index contributed by atoms with van der Waals surface area (Å²) >= 11 is 0. The first-order valence-electron chi connectivity index (χ1n) is 12.2. The lowest BCUT2D eigenvalue weighted by Gasteiger charge is -2.30. The minimum atomic E-state index is -0.836. The number of fused-ring (bicyclic) bond motifs is 2. The summed E-state index contributed by atoms with van der Waals surface area (Å²) in [6.45, 7) is 5.19. The molecule has 1 aliphatic carbocycles. The van der Waals surface area contributed by atoms with Crippen LogP contribution in [0.4, 0.5) is 5.82 Å². The van der Waals surface area contributed by atoms with Crippen molar-refractivity contribution in [3.05, 3.63) is 81.3 Å². The van der Waals surface area contributed by atoms with E-state index in [4.69, 9.17) is 4.98 Å². The highest BCUT2D eigenvalue weighted by atomic mass is 16.2. The molecule has 0 spiro atoms. The number of nitrogens with one attached hydrogen (secondary N) is 1. The number of rotatable bonds is 4. The Balaban J connectivity index is 1.30. The van der Waals surface area contributed by atoms with Crippen LogP contribution < -0.4 is 15.8 Å². The topological polar surface area (TPSA) is 129 Å². The fraction of sp³-hybridized carbons (Fsp3) is 0.296. The van der Waals surface area contributed by atoms with Gasteiger partial charge in [0.15, 0.2) is 11.5 Å².